The molecule has 3 aromatic rings. The molecule has 1 aliphatic heterocycles. The van der Waals surface area contributed by atoms with E-state index in [1.165, 1.54) is 59.3 Å². The quantitative estimate of drug-likeness (QED) is 0.425. The van der Waals surface area contributed by atoms with Gasteiger partial charge in [-0.2, -0.15) is 0 Å². The molecule has 0 spiro atoms. The Morgan fingerprint density at radius 1 is 0.839 bits per heavy atom. The Kier molecular flexibility index (Phi) is 7.19. The molecule has 0 aliphatic carbocycles. The Labute approximate surface area is 188 Å². The second-order valence-electron chi connectivity index (χ2n) is 8.91. The second-order valence-corrected chi connectivity index (χ2v) is 8.91. The van der Waals surface area contributed by atoms with Crippen molar-refractivity contribution in [2.75, 3.05) is 6.54 Å². The lowest BCUT2D eigenvalue weighted by Gasteiger charge is -2.36. The molecule has 1 saturated heterocycles. The number of hydrogen-bond acceptors (Lipinski definition) is 2. The van der Waals surface area contributed by atoms with E-state index in [-0.39, 0.29) is 0 Å². The van der Waals surface area contributed by atoms with Gasteiger partial charge in [-0.1, -0.05) is 74.9 Å². The Morgan fingerprint density at radius 2 is 1.58 bits per heavy atom. The van der Waals surface area contributed by atoms with Crippen molar-refractivity contribution in [1.29, 1.82) is 0 Å². The third kappa shape index (κ3) is 5.07. The van der Waals surface area contributed by atoms with Crippen LogP contribution in [0.15, 0.2) is 60.7 Å². The fourth-order valence-corrected chi connectivity index (χ4v) is 5.07. The standard InChI is InChI=1S/C29H36N2/c1-4-24-14-11-15-25(5-2)29(24)28-18-17-26(22(3)30-28)21-31-19-10-9-16-27(31)20-23-12-7-6-8-13-23/h6-8,11-15,17-18,27H,4-5,9-10,16,19-21H2,1-3H3. The van der Waals surface area contributed by atoms with Crippen LogP contribution in [0.1, 0.15) is 61.1 Å². The minimum atomic E-state index is 0.628. The van der Waals surface area contributed by atoms with Crippen molar-refractivity contribution in [3.8, 4) is 11.3 Å². The molecule has 0 amide bonds. The zero-order valence-electron chi connectivity index (χ0n) is 19.4. The zero-order chi connectivity index (χ0) is 21.6. The van der Waals surface area contributed by atoms with Crippen LogP contribution in [0.25, 0.3) is 11.3 Å². The minimum absolute atomic E-state index is 0.628. The fourth-order valence-electron chi connectivity index (χ4n) is 5.07. The van der Waals surface area contributed by atoms with Gasteiger partial charge in [0.05, 0.1) is 5.69 Å². The smallest absolute Gasteiger partial charge is 0.0710 e. The van der Waals surface area contributed by atoms with Gasteiger partial charge in [0, 0.05) is 23.8 Å². The highest BCUT2D eigenvalue weighted by Gasteiger charge is 2.23. The molecule has 31 heavy (non-hydrogen) atoms. The summed E-state index contributed by atoms with van der Waals surface area (Å²) in [6.07, 6.45) is 7.18. The molecule has 162 valence electrons. The van der Waals surface area contributed by atoms with Crippen molar-refractivity contribution in [2.24, 2.45) is 0 Å². The van der Waals surface area contributed by atoms with Crippen molar-refractivity contribution < 1.29 is 0 Å². The topological polar surface area (TPSA) is 16.1 Å². The first-order valence-corrected chi connectivity index (χ1v) is 12.0. The van der Waals surface area contributed by atoms with Gasteiger partial charge in [0.15, 0.2) is 0 Å². The fraction of sp³-hybridized carbons (Fsp3) is 0.414. The first-order valence-electron chi connectivity index (χ1n) is 12.0. The second kappa shape index (κ2) is 10.2. The van der Waals surface area contributed by atoms with Crippen molar-refractivity contribution in [3.05, 3.63) is 88.6 Å². The summed E-state index contributed by atoms with van der Waals surface area (Å²) in [6.45, 7) is 8.87. The molecule has 2 aromatic carbocycles. The maximum absolute atomic E-state index is 5.11. The summed E-state index contributed by atoms with van der Waals surface area (Å²) in [5, 5.41) is 0. The highest BCUT2D eigenvalue weighted by atomic mass is 15.2. The molecule has 2 heteroatoms. The van der Waals surface area contributed by atoms with Gasteiger partial charge < -0.3 is 0 Å². The molecule has 2 nitrogen and oxygen atoms in total. The molecule has 0 N–H and O–H groups in total. The van der Waals surface area contributed by atoms with E-state index in [4.69, 9.17) is 4.98 Å². The van der Waals surface area contributed by atoms with Crippen molar-refractivity contribution in [3.63, 3.8) is 0 Å². The molecule has 2 heterocycles. The number of piperidine rings is 1. The third-order valence-corrected chi connectivity index (χ3v) is 6.89. The predicted molar refractivity (Wildman–Crippen MR) is 131 cm³/mol. The van der Waals surface area contributed by atoms with Crippen LogP contribution in [-0.4, -0.2) is 22.5 Å². The number of hydrogen-bond donors (Lipinski definition) is 0. The lowest BCUT2D eigenvalue weighted by Crippen LogP contribution is -2.40. The zero-order valence-corrected chi connectivity index (χ0v) is 19.4. The maximum Gasteiger partial charge on any atom is 0.0710 e. The highest BCUT2D eigenvalue weighted by molar-refractivity contribution is 5.68. The van der Waals surface area contributed by atoms with Crippen LogP contribution in [0.3, 0.4) is 0 Å². The molecule has 1 atom stereocenters. The molecule has 1 aliphatic rings. The van der Waals surface area contributed by atoms with E-state index in [2.05, 4.69) is 86.3 Å². The van der Waals surface area contributed by atoms with Crippen LogP contribution in [0, 0.1) is 6.92 Å². The van der Waals surface area contributed by atoms with Crippen LogP contribution >= 0.6 is 0 Å². The molecular formula is C29H36N2. The van der Waals surface area contributed by atoms with Gasteiger partial charge in [-0.15, -0.1) is 0 Å². The van der Waals surface area contributed by atoms with Crippen molar-refractivity contribution >= 4 is 0 Å². The Bertz CT molecular complexity index is 971. The van der Waals surface area contributed by atoms with E-state index in [9.17, 15) is 0 Å². The Balaban J connectivity index is 1.56. The van der Waals surface area contributed by atoms with Crippen LogP contribution in [0.2, 0.25) is 0 Å². The number of pyridine rings is 1. The summed E-state index contributed by atoms with van der Waals surface area (Å²) < 4.78 is 0. The molecule has 1 fully saturated rings. The normalized spacial score (nSPS) is 17.1. The van der Waals surface area contributed by atoms with E-state index in [0.717, 1.165) is 31.5 Å². The number of benzene rings is 2. The summed E-state index contributed by atoms with van der Waals surface area (Å²) in [4.78, 5) is 7.80. The van der Waals surface area contributed by atoms with Crippen LogP contribution in [0.4, 0.5) is 0 Å². The molecule has 4 rings (SSSR count). The molecule has 0 saturated carbocycles. The molecular weight excluding hydrogens is 376 g/mol. The maximum atomic E-state index is 5.11. The molecule has 0 bridgehead atoms. The SMILES string of the molecule is CCc1cccc(CC)c1-c1ccc(CN2CCCCC2Cc2ccccc2)c(C)n1. The number of likely N-dealkylation sites (tertiary alicyclic amines) is 1. The minimum Gasteiger partial charge on any atom is -0.296 e. The van der Waals surface area contributed by atoms with E-state index >= 15 is 0 Å². The summed E-state index contributed by atoms with van der Waals surface area (Å²) in [7, 11) is 0. The van der Waals surface area contributed by atoms with Crippen molar-refractivity contribution in [2.45, 2.75) is 71.9 Å². The largest absolute Gasteiger partial charge is 0.296 e. The van der Waals surface area contributed by atoms with Gasteiger partial charge in [-0.25, -0.2) is 0 Å². The molecule has 1 aromatic heterocycles. The van der Waals surface area contributed by atoms with E-state index in [1.807, 2.05) is 0 Å². The number of aromatic nitrogens is 1. The summed E-state index contributed by atoms with van der Waals surface area (Å²) in [5.74, 6) is 0. The van der Waals surface area contributed by atoms with Crippen LogP contribution in [0.5, 0.6) is 0 Å². The van der Waals surface area contributed by atoms with Gasteiger partial charge in [0.1, 0.15) is 0 Å². The summed E-state index contributed by atoms with van der Waals surface area (Å²) in [6, 6.07) is 22.9. The first kappa shape index (κ1) is 21.8. The van der Waals surface area contributed by atoms with Crippen LogP contribution < -0.4 is 0 Å². The highest BCUT2D eigenvalue weighted by Crippen LogP contribution is 2.29. The summed E-state index contributed by atoms with van der Waals surface area (Å²) in [5.41, 5.74) is 9.28. The summed E-state index contributed by atoms with van der Waals surface area (Å²) >= 11 is 0. The number of aryl methyl sites for hydroxylation is 3. The van der Waals surface area contributed by atoms with E-state index in [0.29, 0.717) is 6.04 Å². The lowest BCUT2D eigenvalue weighted by molar-refractivity contribution is 0.139. The van der Waals surface area contributed by atoms with Gasteiger partial charge in [0.2, 0.25) is 0 Å². The van der Waals surface area contributed by atoms with Gasteiger partial charge in [-0.05, 0) is 73.9 Å². The molecule has 1 unspecified atom stereocenters. The predicted octanol–water partition coefficient (Wildman–Crippen LogP) is 6.78. The molecule has 0 radical (unpaired) electrons. The monoisotopic (exact) mass is 412 g/mol. The van der Waals surface area contributed by atoms with E-state index in [1.54, 1.807) is 0 Å². The van der Waals surface area contributed by atoms with E-state index < -0.39 is 0 Å². The number of nitrogens with zero attached hydrogens (tertiary/aromatic N) is 2. The Morgan fingerprint density at radius 3 is 2.26 bits per heavy atom. The van der Waals surface area contributed by atoms with Gasteiger partial charge >= 0.3 is 0 Å². The lowest BCUT2D eigenvalue weighted by atomic mass is 9.93. The van der Waals surface area contributed by atoms with Gasteiger partial charge in [-0.3, -0.25) is 9.88 Å². The van der Waals surface area contributed by atoms with Crippen LogP contribution in [-0.2, 0) is 25.8 Å². The number of rotatable bonds is 7. The first-order chi connectivity index (χ1) is 15.2. The average Bonchev–Trinajstić information content (AvgIpc) is 2.81. The van der Waals surface area contributed by atoms with Crippen molar-refractivity contribution in [1.82, 2.24) is 9.88 Å². The Hall–Kier alpha value is -2.45. The average molecular weight is 413 g/mol. The van der Waals surface area contributed by atoms with Gasteiger partial charge in [0.25, 0.3) is 0 Å². The third-order valence-electron chi connectivity index (χ3n) is 6.89.